The molecule has 0 N–H and O–H groups in total. The van der Waals surface area contributed by atoms with Crippen LogP contribution in [0.4, 0.5) is 13.2 Å². The third-order valence-electron chi connectivity index (χ3n) is 5.92. The topological polar surface area (TPSA) is 52.0 Å². The van der Waals surface area contributed by atoms with Gasteiger partial charge in [0, 0.05) is 23.9 Å². The zero-order valence-corrected chi connectivity index (χ0v) is 19.1. The molecule has 0 aliphatic heterocycles. The first-order chi connectivity index (χ1) is 16.1. The molecule has 1 saturated carbocycles. The number of aromatic nitrogens is 2. The van der Waals surface area contributed by atoms with E-state index in [1.54, 1.807) is 24.4 Å². The molecule has 8 heteroatoms. The van der Waals surface area contributed by atoms with Gasteiger partial charge in [-0.05, 0) is 42.2 Å². The number of alkyl halides is 3. The van der Waals surface area contributed by atoms with E-state index < -0.39 is 21.6 Å². The molecule has 0 bridgehead atoms. The van der Waals surface area contributed by atoms with E-state index in [9.17, 15) is 21.6 Å². The highest BCUT2D eigenvalue weighted by atomic mass is 32.2. The highest BCUT2D eigenvalue weighted by Crippen LogP contribution is 2.43. The summed E-state index contributed by atoms with van der Waals surface area (Å²) in [6.45, 7) is 0. The fraction of sp³-hybridized carbons (Fsp3) is 0.192. The monoisotopic (exact) mass is 482 g/mol. The Bertz CT molecular complexity index is 1470. The fourth-order valence-corrected chi connectivity index (χ4v) is 4.98. The minimum atomic E-state index is -4.58. The largest absolute Gasteiger partial charge is 0.417 e. The lowest BCUT2D eigenvalue weighted by Gasteiger charge is -2.16. The van der Waals surface area contributed by atoms with E-state index in [0.29, 0.717) is 11.3 Å². The number of nitrogens with zero attached hydrogens (tertiary/aromatic N) is 2. The van der Waals surface area contributed by atoms with Crippen molar-refractivity contribution in [2.45, 2.75) is 29.8 Å². The van der Waals surface area contributed by atoms with Crippen molar-refractivity contribution >= 4 is 9.84 Å². The average molecular weight is 483 g/mol. The van der Waals surface area contributed by atoms with E-state index in [4.69, 9.17) is 0 Å². The molecule has 0 amide bonds. The van der Waals surface area contributed by atoms with Gasteiger partial charge in [0.15, 0.2) is 9.84 Å². The maximum Gasteiger partial charge on any atom is 0.417 e. The van der Waals surface area contributed by atoms with Crippen molar-refractivity contribution in [3.05, 3.63) is 90.3 Å². The Hall–Kier alpha value is -3.39. The van der Waals surface area contributed by atoms with E-state index in [1.807, 2.05) is 30.3 Å². The molecule has 5 rings (SSSR count). The molecule has 0 atom stereocenters. The van der Waals surface area contributed by atoms with Crippen LogP contribution >= 0.6 is 0 Å². The molecule has 0 spiro atoms. The SMILES string of the molecule is CS(=O)(=O)c1cc(-c2ccccc2)ccc1-n1cc(C2CC2)nc1-c1ccccc1C(F)(F)F. The number of hydrogen-bond donors (Lipinski definition) is 0. The molecule has 1 heterocycles. The van der Waals surface area contributed by atoms with Gasteiger partial charge in [-0.2, -0.15) is 13.2 Å². The summed E-state index contributed by atoms with van der Waals surface area (Å²) >= 11 is 0. The Morgan fingerprint density at radius 3 is 2.24 bits per heavy atom. The number of hydrogen-bond acceptors (Lipinski definition) is 3. The van der Waals surface area contributed by atoms with Gasteiger partial charge in [0.1, 0.15) is 5.82 Å². The van der Waals surface area contributed by atoms with E-state index in [2.05, 4.69) is 4.98 Å². The third-order valence-corrected chi connectivity index (χ3v) is 7.05. The summed E-state index contributed by atoms with van der Waals surface area (Å²) < 4.78 is 68.6. The third kappa shape index (κ3) is 4.25. The van der Waals surface area contributed by atoms with Crippen molar-refractivity contribution in [1.29, 1.82) is 0 Å². The van der Waals surface area contributed by atoms with E-state index >= 15 is 0 Å². The van der Waals surface area contributed by atoms with Crippen LogP contribution in [0.5, 0.6) is 0 Å². The lowest BCUT2D eigenvalue weighted by atomic mass is 10.0. The van der Waals surface area contributed by atoms with Gasteiger partial charge in [-0.3, -0.25) is 4.57 Å². The summed E-state index contributed by atoms with van der Waals surface area (Å²) in [5, 5.41) is 0. The van der Waals surface area contributed by atoms with Crippen molar-refractivity contribution in [1.82, 2.24) is 9.55 Å². The van der Waals surface area contributed by atoms with Gasteiger partial charge in [-0.15, -0.1) is 0 Å². The maximum atomic E-state index is 13.8. The lowest BCUT2D eigenvalue weighted by Crippen LogP contribution is -2.10. The second-order valence-corrected chi connectivity index (χ2v) is 10.5. The number of sulfone groups is 1. The highest BCUT2D eigenvalue weighted by Gasteiger charge is 2.36. The molecule has 34 heavy (non-hydrogen) atoms. The van der Waals surface area contributed by atoms with Crippen LogP contribution in [-0.4, -0.2) is 24.2 Å². The molecule has 0 saturated heterocycles. The van der Waals surface area contributed by atoms with Gasteiger partial charge in [-0.1, -0.05) is 54.6 Å². The van der Waals surface area contributed by atoms with Gasteiger partial charge >= 0.3 is 6.18 Å². The lowest BCUT2D eigenvalue weighted by molar-refractivity contribution is -0.137. The number of halogens is 3. The molecule has 4 nitrogen and oxygen atoms in total. The quantitative estimate of drug-likeness (QED) is 0.326. The molecule has 1 aliphatic rings. The molecule has 1 aromatic heterocycles. The molecule has 3 aromatic carbocycles. The van der Waals surface area contributed by atoms with Crippen LogP contribution in [-0.2, 0) is 16.0 Å². The first-order valence-electron chi connectivity index (χ1n) is 10.8. The fourth-order valence-electron chi connectivity index (χ4n) is 4.09. The summed E-state index contributed by atoms with van der Waals surface area (Å²) in [4.78, 5) is 4.59. The van der Waals surface area contributed by atoms with Gasteiger partial charge in [0.25, 0.3) is 0 Å². The first-order valence-corrected chi connectivity index (χ1v) is 12.7. The molecule has 0 radical (unpaired) electrons. The predicted molar refractivity (Wildman–Crippen MR) is 125 cm³/mol. The number of benzene rings is 3. The van der Waals surface area contributed by atoms with E-state index in [1.165, 1.54) is 22.8 Å². The summed E-state index contributed by atoms with van der Waals surface area (Å²) in [5.74, 6) is 0.246. The minimum Gasteiger partial charge on any atom is -0.298 e. The number of imidazole rings is 1. The van der Waals surface area contributed by atoms with Crippen LogP contribution in [0.25, 0.3) is 28.2 Å². The van der Waals surface area contributed by atoms with Crippen molar-refractivity contribution in [2.75, 3.05) is 6.26 Å². The molecule has 174 valence electrons. The Morgan fingerprint density at radius 2 is 1.59 bits per heavy atom. The minimum absolute atomic E-state index is 0.0272. The Labute approximate surface area is 195 Å². The molecular weight excluding hydrogens is 461 g/mol. The summed E-state index contributed by atoms with van der Waals surface area (Å²) in [6, 6.07) is 19.5. The van der Waals surface area contributed by atoms with Crippen LogP contribution < -0.4 is 0 Å². The standard InChI is InChI=1S/C26H21F3N2O2S/c1-34(32,33)24-15-19(17-7-3-2-4-8-17)13-14-23(24)31-16-22(18-11-12-18)30-25(31)20-9-5-6-10-21(20)26(27,28)29/h2-10,13-16,18H,11-12H2,1H3. The van der Waals surface area contributed by atoms with Gasteiger partial charge in [-0.25, -0.2) is 13.4 Å². The molecule has 1 aliphatic carbocycles. The number of rotatable bonds is 5. The Morgan fingerprint density at radius 1 is 0.912 bits per heavy atom. The zero-order chi connectivity index (χ0) is 24.1. The second-order valence-electron chi connectivity index (χ2n) is 8.50. The van der Waals surface area contributed by atoms with Gasteiger partial charge in [0.05, 0.1) is 21.8 Å². The predicted octanol–water partition coefficient (Wildman–Crippen LogP) is 6.51. The van der Waals surface area contributed by atoms with Gasteiger partial charge < -0.3 is 0 Å². The van der Waals surface area contributed by atoms with Crippen LogP contribution in [0.1, 0.15) is 30.0 Å². The van der Waals surface area contributed by atoms with Crippen LogP contribution in [0.15, 0.2) is 83.9 Å². The van der Waals surface area contributed by atoms with Crippen LogP contribution in [0.2, 0.25) is 0 Å². The van der Waals surface area contributed by atoms with Crippen molar-refractivity contribution in [3.63, 3.8) is 0 Å². The highest BCUT2D eigenvalue weighted by molar-refractivity contribution is 7.90. The molecule has 1 fully saturated rings. The molecular formula is C26H21F3N2O2S. The van der Waals surface area contributed by atoms with Gasteiger partial charge in [0.2, 0.25) is 0 Å². The summed E-state index contributed by atoms with van der Waals surface area (Å²) in [6.07, 6.45) is 0.00543. The van der Waals surface area contributed by atoms with Crippen LogP contribution in [0.3, 0.4) is 0 Å². The van der Waals surface area contributed by atoms with E-state index in [0.717, 1.165) is 30.7 Å². The smallest absolute Gasteiger partial charge is 0.298 e. The normalized spacial score (nSPS) is 14.4. The molecule has 0 unspecified atom stereocenters. The van der Waals surface area contributed by atoms with Crippen molar-refractivity contribution < 1.29 is 21.6 Å². The maximum absolute atomic E-state index is 13.8. The van der Waals surface area contributed by atoms with Crippen LogP contribution in [0, 0.1) is 0 Å². The first kappa shape index (κ1) is 22.4. The average Bonchev–Trinajstić information content (AvgIpc) is 3.57. The van der Waals surface area contributed by atoms with Crippen molar-refractivity contribution in [2.24, 2.45) is 0 Å². The molecule has 4 aromatic rings. The Balaban J connectivity index is 1.76. The second kappa shape index (κ2) is 8.13. The Kier molecular flexibility index (Phi) is 5.36. The summed E-state index contributed by atoms with van der Waals surface area (Å²) in [5.41, 5.74) is 1.57. The van der Waals surface area contributed by atoms with E-state index in [-0.39, 0.29) is 27.9 Å². The zero-order valence-electron chi connectivity index (χ0n) is 18.3. The summed E-state index contributed by atoms with van der Waals surface area (Å²) in [7, 11) is -3.72. The van der Waals surface area contributed by atoms with Crippen molar-refractivity contribution in [3.8, 4) is 28.2 Å².